The first kappa shape index (κ1) is 37.2. The summed E-state index contributed by atoms with van der Waals surface area (Å²) in [6.45, 7) is 8.98. The minimum Gasteiger partial charge on any atom is -0.474 e. The summed E-state index contributed by atoms with van der Waals surface area (Å²) < 4.78 is 6.06. The van der Waals surface area contributed by atoms with E-state index in [9.17, 15) is 0 Å². The minimum absolute atomic E-state index is 0.116. The molecule has 5 rings (SSSR count). The summed E-state index contributed by atoms with van der Waals surface area (Å²) in [5.41, 5.74) is 14.5. The molecule has 0 atom stereocenters. The summed E-state index contributed by atoms with van der Waals surface area (Å²) in [5.74, 6) is 1.20. The van der Waals surface area contributed by atoms with E-state index in [1.165, 1.54) is 0 Å². The lowest BCUT2D eigenvalue weighted by atomic mass is 10.1. The zero-order valence-electron chi connectivity index (χ0n) is 26.3. The lowest BCUT2D eigenvalue weighted by molar-refractivity contribution is 0.0997. The van der Waals surface area contributed by atoms with Crippen LogP contribution in [0, 0.1) is 13.8 Å². The van der Waals surface area contributed by atoms with Gasteiger partial charge in [0, 0.05) is 41.9 Å². The highest BCUT2D eigenvalue weighted by Crippen LogP contribution is 2.26. The van der Waals surface area contributed by atoms with E-state index in [2.05, 4.69) is 52.4 Å². The SMILES string of the molecule is CCN1CCC(Oc2cc(C)nc(N=C(N)Nc3ccc(Cl)c(Cl)c3)n2)CC1.Cc1cc(Cl)nc(N=C(N)Nc2ccc(Cl)c(Cl)c2)n1. The van der Waals surface area contributed by atoms with Crippen molar-refractivity contribution in [1.82, 2.24) is 24.8 Å². The molecule has 254 valence electrons. The van der Waals surface area contributed by atoms with Crippen molar-refractivity contribution >= 4 is 93.2 Å². The number of likely N-dealkylation sites (tertiary alicyclic amines) is 1. The first-order valence-electron chi connectivity index (χ1n) is 14.7. The number of piperidine rings is 1. The zero-order chi connectivity index (χ0) is 34.8. The van der Waals surface area contributed by atoms with Gasteiger partial charge in [0.15, 0.2) is 0 Å². The fraction of sp³-hybridized carbons (Fsp3) is 0.290. The maximum absolute atomic E-state index is 6.06. The Kier molecular flexibility index (Phi) is 13.7. The predicted octanol–water partition coefficient (Wildman–Crippen LogP) is 7.82. The average Bonchev–Trinajstić information content (AvgIpc) is 3.00. The average molecular weight is 754 g/mol. The number of anilines is 2. The second-order valence-electron chi connectivity index (χ2n) is 10.5. The number of halogens is 5. The number of nitrogens with one attached hydrogen (secondary N) is 2. The predicted molar refractivity (Wildman–Crippen MR) is 197 cm³/mol. The molecule has 0 bridgehead atoms. The Morgan fingerprint density at radius 1 is 0.750 bits per heavy atom. The quantitative estimate of drug-likeness (QED) is 0.0831. The number of hydrogen-bond acceptors (Lipinski definition) is 8. The van der Waals surface area contributed by atoms with Gasteiger partial charge >= 0.3 is 0 Å². The fourth-order valence-corrected chi connectivity index (χ4v) is 5.26. The van der Waals surface area contributed by atoms with Crippen molar-refractivity contribution in [2.45, 2.75) is 39.7 Å². The monoisotopic (exact) mass is 751 g/mol. The van der Waals surface area contributed by atoms with Crippen molar-refractivity contribution in [2.75, 3.05) is 30.3 Å². The largest absolute Gasteiger partial charge is 0.474 e. The molecular formula is C31H34Cl5N11O. The number of aryl methyl sites for hydroxylation is 2. The van der Waals surface area contributed by atoms with Gasteiger partial charge in [-0.2, -0.15) is 20.0 Å². The van der Waals surface area contributed by atoms with E-state index in [1.54, 1.807) is 49.4 Å². The normalized spacial score (nSPS) is 14.2. The molecule has 6 N–H and O–H groups in total. The Bertz CT molecular complexity index is 1760. The maximum atomic E-state index is 6.06. The molecule has 1 aliphatic rings. The van der Waals surface area contributed by atoms with Crippen LogP contribution in [0.25, 0.3) is 0 Å². The van der Waals surface area contributed by atoms with Crippen LogP contribution in [-0.4, -0.2) is 62.5 Å². The van der Waals surface area contributed by atoms with Crippen molar-refractivity contribution in [2.24, 2.45) is 21.5 Å². The van der Waals surface area contributed by atoms with Gasteiger partial charge in [0.25, 0.3) is 11.9 Å². The fourth-order valence-electron chi connectivity index (χ4n) is 4.43. The molecule has 2 aromatic heterocycles. The van der Waals surface area contributed by atoms with E-state index in [0.717, 1.165) is 38.2 Å². The number of nitrogens with zero attached hydrogens (tertiary/aromatic N) is 7. The van der Waals surface area contributed by atoms with Gasteiger partial charge in [0.2, 0.25) is 17.8 Å². The van der Waals surface area contributed by atoms with Crippen molar-refractivity contribution in [1.29, 1.82) is 0 Å². The number of aliphatic imine (C=N–C) groups is 2. The van der Waals surface area contributed by atoms with Crippen molar-refractivity contribution < 1.29 is 4.74 Å². The van der Waals surface area contributed by atoms with Crippen LogP contribution < -0.4 is 26.8 Å². The summed E-state index contributed by atoms with van der Waals surface area (Å²) in [5, 5.41) is 7.88. The zero-order valence-corrected chi connectivity index (χ0v) is 30.1. The van der Waals surface area contributed by atoms with E-state index >= 15 is 0 Å². The standard InChI is InChI=1S/C19H24Cl2N6O.C12H10Cl3N5/c1-3-27-8-6-14(7-9-27)28-17-10-12(2)23-19(25-17)26-18(22)24-13-4-5-15(20)16(21)11-13;1-6-4-10(15)19-12(17-6)20-11(16)18-7-2-3-8(13)9(14)5-7/h4-5,10-11,14H,3,6-9H2,1-2H3,(H3,22,23,24,25,26);2-5H,1H3,(H3,16,17,18,19,20). The van der Waals surface area contributed by atoms with Gasteiger partial charge in [-0.15, -0.1) is 0 Å². The van der Waals surface area contributed by atoms with E-state index in [4.69, 9.17) is 74.2 Å². The van der Waals surface area contributed by atoms with E-state index in [0.29, 0.717) is 48.2 Å². The van der Waals surface area contributed by atoms with Crippen molar-refractivity contribution in [3.63, 3.8) is 0 Å². The molecule has 0 aliphatic carbocycles. The summed E-state index contributed by atoms with van der Waals surface area (Å²) in [4.78, 5) is 27.4. The number of guanidine groups is 2. The number of benzene rings is 2. The van der Waals surface area contributed by atoms with Gasteiger partial charge < -0.3 is 31.7 Å². The molecule has 0 amide bonds. The molecule has 48 heavy (non-hydrogen) atoms. The number of aromatic nitrogens is 4. The Balaban J connectivity index is 0.000000229. The lowest BCUT2D eigenvalue weighted by Gasteiger charge is -2.30. The number of rotatable bonds is 7. The Morgan fingerprint density at radius 2 is 1.25 bits per heavy atom. The molecule has 3 heterocycles. The highest BCUT2D eigenvalue weighted by molar-refractivity contribution is 6.42. The molecule has 1 aliphatic heterocycles. The second-order valence-corrected chi connectivity index (χ2v) is 12.5. The van der Waals surface area contributed by atoms with Crippen LogP contribution in [0.1, 0.15) is 31.2 Å². The lowest BCUT2D eigenvalue weighted by Crippen LogP contribution is -2.38. The number of hydrogen-bond donors (Lipinski definition) is 4. The van der Waals surface area contributed by atoms with Gasteiger partial charge in [-0.3, -0.25) is 0 Å². The molecule has 4 aromatic rings. The molecule has 0 unspecified atom stereocenters. The van der Waals surface area contributed by atoms with Crippen LogP contribution in [0.15, 0.2) is 58.5 Å². The van der Waals surface area contributed by atoms with Crippen LogP contribution in [0.3, 0.4) is 0 Å². The molecule has 17 heteroatoms. The third-order valence-electron chi connectivity index (χ3n) is 6.72. The Morgan fingerprint density at radius 3 is 1.73 bits per heavy atom. The number of ether oxygens (including phenoxy) is 1. The Labute approximate surface area is 303 Å². The second kappa shape index (κ2) is 17.7. The summed E-state index contributed by atoms with van der Waals surface area (Å²) in [6.07, 6.45) is 2.12. The molecule has 0 radical (unpaired) electrons. The summed E-state index contributed by atoms with van der Waals surface area (Å²) >= 11 is 29.5. The first-order valence-corrected chi connectivity index (χ1v) is 16.6. The van der Waals surface area contributed by atoms with Crippen LogP contribution in [0.4, 0.5) is 23.3 Å². The van der Waals surface area contributed by atoms with E-state index < -0.39 is 0 Å². The molecular weight excluding hydrogens is 720 g/mol. The van der Waals surface area contributed by atoms with Crippen LogP contribution in [-0.2, 0) is 0 Å². The summed E-state index contributed by atoms with van der Waals surface area (Å²) in [6, 6.07) is 13.6. The highest BCUT2D eigenvalue weighted by Gasteiger charge is 2.20. The highest BCUT2D eigenvalue weighted by atomic mass is 35.5. The molecule has 0 saturated carbocycles. The Hall–Kier alpha value is -3.65. The van der Waals surface area contributed by atoms with Gasteiger partial charge in [-0.05, 0) is 75.7 Å². The van der Waals surface area contributed by atoms with Crippen LogP contribution in [0.5, 0.6) is 5.88 Å². The molecule has 0 spiro atoms. The molecule has 2 aromatic carbocycles. The third kappa shape index (κ3) is 11.8. The maximum Gasteiger partial charge on any atom is 0.256 e. The van der Waals surface area contributed by atoms with Gasteiger partial charge in [0.1, 0.15) is 11.3 Å². The first-order chi connectivity index (χ1) is 22.9. The van der Waals surface area contributed by atoms with Crippen molar-refractivity contribution in [3.05, 3.63) is 85.2 Å². The van der Waals surface area contributed by atoms with E-state index in [1.807, 2.05) is 13.0 Å². The van der Waals surface area contributed by atoms with Crippen molar-refractivity contribution in [3.8, 4) is 5.88 Å². The molecule has 12 nitrogen and oxygen atoms in total. The van der Waals surface area contributed by atoms with Crippen LogP contribution >= 0.6 is 58.0 Å². The van der Waals surface area contributed by atoms with Gasteiger partial charge in [-0.25, -0.2) is 9.97 Å². The third-order valence-corrected chi connectivity index (χ3v) is 8.40. The topological polar surface area (TPSA) is 165 Å². The molecule has 1 fully saturated rings. The van der Waals surface area contributed by atoms with Crippen LogP contribution in [0.2, 0.25) is 25.2 Å². The minimum atomic E-state index is 0.116. The molecule has 1 saturated heterocycles. The smallest absolute Gasteiger partial charge is 0.256 e. The summed E-state index contributed by atoms with van der Waals surface area (Å²) in [7, 11) is 0. The van der Waals surface area contributed by atoms with E-state index in [-0.39, 0.29) is 29.9 Å². The van der Waals surface area contributed by atoms with Gasteiger partial charge in [-0.1, -0.05) is 64.9 Å². The van der Waals surface area contributed by atoms with Gasteiger partial charge in [0.05, 0.1) is 20.1 Å². The number of nitrogens with two attached hydrogens (primary N) is 2.